The lowest BCUT2D eigenvalue weighted by molar-refractivity contribution is -0.132. The van der Waals surface area contributed by atoms with Gasteiger partial charge in [-0.25, -0.2) is 4.79 Å². The molecule has 2 N–H and O–H groups in total. The molecule has 18 heavy (non-hydrogen) atoms. The van der Waals surface area contributed by atoms with Crippen LogP contribution in [0.4, 0.5) is 0 Å². The van der Waals surface area contributed by atoms with Crippen LogP contribution in [0.5, 0.6) is 0 Å². The van der Waals surface area contributed by atoms with Gasteiger partial charge in [-0.05, 0) is 30.9 Å². The molecule has 1 aromatic carbocycles. The predicted molar refractivity (Wildman–Crippen MR) is 71.0 cm³/mol. The Morgan fingerprint density at radius 1 is 1.33 bits per heavy atom. The van der Waals surface area contributed by atoms with Gasteiger partial charge in [0.25, 0.3) is 0 Å². The number of hydrogen-bond acceptors (Lipinski definition) is 3. The lowest BCUT2D eigenvalue weighted by Crippen LogP contribution is -2.42. The molecule has 0 bridgehead atoms. The molecule has 0 saturated carbocycles. The van der Waals surface area contributed by atoms with E-state index in [2.05, 4.69) is 0 Å². The van der Waals surface area contributed by atoms with Gasteiger partial charge in [-0.3, -0.25) is 0 Å². The predicted octanol–water partition coefficient (Wildman–Crippen LogP) is 1.34. The van der Waals surface area contributed by atoms with Crippen LogP contribution in [-0.4, -0.2) is 41.1 Å². The third-order valence-electron chi connectivity index (χ3n) is 3.28. The van der Waals surface area contributed by atoms with Crippen LogP contribution < -0.4 is 0 Å². The van der Waals surface area contributed by atoms with Crippen molar-refractivity contribution in [1.29, 1.82) is 0 Å². The fourth-order valence-corrected chi connectivity index (χ4v) is 2.26. The molecule has 0 saturated heterocycles. The van der Waals surface area contributed by atoms with Crippen LogP contribution in [0.2, 0.25) is 6.82 Å². The second-order valence-electron chi connectivity index (χ2n) is 4.48. The quantitative estimate of drug-likeness (QED) is 0.789. The highest BCUT2D eigenvalue weighted by Gasteiger charge is 2.27. The van der Waals surface area contributed by atoms with Gasteiger partial charge in [0.05, 0.1) is 5.57 Å². The molecule has 4 nitrogen and oxygen atoms in total. The van der Waals surface area contributed by atoms with Crippen LogP contribution in [0.25, 0.3) is 5.57 Å². The third-order valence-corrected chi connectivity index (χ3v) is 3.28. The number of benzene rings is 1. The van der Waals surface area contributed by atoms with Crippen LogP contribution in [0.1, 0.15) is 12.0 Å². The summed E-state index contributed by atoms with van der Waals surface area (Å²) in [5.74, 6) is -0.904. The summed E-state index contributed by atoms with van der Waals surface area (Å²) in [7, 11) is -0.614. The molecule has 1 aromatic rings. The standard InChI is InChI=1S/C13H16BNO3/c1-14(18)15-8-7-11(12(9-15)13(16)17)10-5-3-2-4-6-10/h2-6,18H,7-9H2,1H3,(H,16,17). The number of rotatable bonds is 3. The lowest BCUT2D eigenvalue weighted by atomic mass is 9.80. The Bertz CT molecular complexity index is 470. The first kappa shape index (κ1) is 12.9. The highest BCUT2D eigenvalue weighted by Crippen LogP contribution is 2.27. The van der Waals surface area contributed by atoms with Crippen LogP contribution in [0.3, 0.4) is 0 Å². The van der Waals surface area contributed by atoms with Gasteiger partial charge in [-0.2, -0.15) is 0 Å². The van der Waals surface area contributed by atoms with Gasteiger partial charge >= 0.3 is 13.0 Å². The first-order chi connectivity index (χ1) is 8.59. The van der Waals surface area contributed by atoms with Crippen molar-refractivity contribution in [2.45, 2.75) is 13.2 Å². The molecule has 94 valence electrons. The lowest BCUT2D eigenvalue weighted by Gasteiger charge is -2.30. The SMILES string of the molecule is CB(O)N1CCC(c2ccccc2)=C(C(=O)O)C1. The fraction of sp³-hybridized carbons (Fsp3) is 0.308. The molecule has 2 rings (SSSR count). The second kappa shape index (κ2) is 5.37. The minimum absolute atomic E-state index is 0.289. The fourth-order valence-electron chi connectivity index (χ4n) is 2.26. The molecule has 0 aromatic heterocycles. The summed E-state index contributed by atoms with van der Waals surface area (Å²) in [5.41, 5.74) is 2.22. The molecule has 0 amide bonds. The normalized spacial score (nSPS) is 16.8. The van der Waals surface area contributed by atoms with Gasteiger partial charge in [-0.1, -0.05) is 30.3 Å². The Labute approximate surface area is 107 Å². The summed E-state index contributed by atoms with van der Waals surface area (Å²) in [4.78, 5) is 13.1. The van der Waals surface area contributed by atoms with Crippen molar-refractivity contribution in [2.24, 2.45) is 0 Å². The van der Waals surface area contributed by atoms with Gasteiger partial charge in [0.2, 0.25) is 0 Å². The summed E-state index contributed by atoms with van der Waals surface area (Å²) < 4.78 is 0. The van der Waals surface area contributed by atoms with Crippen LogP contribution >= 0.6 is 0 Å². The largest absolute Gasteiger partial charge is 0.478 e. The summed E-state index contributed by atoms with van der Waals surface area (Å²) in [5, 5.41) is 18.8. The molecule has 0 radical (unpaired) electrons. The van der Waals surface area contributed by atoms with E-state index in [1.807, 2.05) is 30.3 Å². The average Bonchev–Trinajstić information content (AvgIpc) is 2.39. The van der Waals surface area contributed by atoms with E-state index in [1.165, 1.54) is 0 Å². The molecule has 0 aliphatic carbocycles. The summed E-state index contributed by atoms with van der Waals surface area (Å²) in [6.07, 6.45) is 0.649. The van der Waals surface area contributed by atoms with E-state index >= 15 is 0 Å². The van der Waals surface area contributed by atoms with Gasteiger partial charge < -0.3 is 14.9 Å². The second-order valence-corrected chi connectivity index (χ2v) is 4.48. The van der Waals surface area contributed by atoms with E-state index in [0.29, 0.717) is 18.5 Å². The number of carbonyl (C=O) groups is 1. The summed E-state index contributed by atoms with van der Waals surface area (Å²) in [6.45, 7) is 2.63. The maximum absolute atomic E-state index is 11.3. The molecular formula is C13H16BNO3. The number of nitrogens with zero attached hydrogens (tertiary/aromatic N) is 1. The minimum atomic E-state index is -0.904. The zero-order valence-corrected chi connectivity index (χ0v) is 10.3. The molecule has 1 aliphatic rings. The van der Waals surface area contributed by atoms with Crippen molar-refractivity contribution < 1.29 is 14.9 Å². The topological polar surface area (TPSA) is 60.8 Å². The zero-order chi connectivity index (χ0) is 13.1. The maximum Gasteiger partial charge on any atom is 0.376 e. The molecule has 1 heterocycles. The van der Waals surface area contributed by atoms with Gasteiger partial charge in [0.1, 0.15) is 0 Å². The zero-order valence-electron chi connectivity index (χ0n) is 10.3. The maximum atomic E-state index is 11.3. The van der Waals surface area contributed by atoms with Crippen LogP contribution in [-0.2, 0) is 4.79 Å². The number of carboxylic acid groups (broad SMARTS) is 1. The molecule has 0 spiro atoms. The van der Waals surface area contributed by atoms with Crippen LogP contribution in [0.15, 0.2) is 35.9 Å². The number of hydrogen-bond donors (Lipinski definition) is 2. The van der Waals surface area contributed by atoms with E-state index < -0.39 is 13.0 Å². The Hall–Kier alpha value is -1.59. The van der Waals surface area contributed by atoms with E-state index in [0.717, 1.165) is 11.1 Å². The van der Waals surface area contributed by atoms with E-state index in [4.69, 9.17) is 0 Å². The monoisotopic (exact) mass is 245 g/mol. The first-order valence-corrected chi connectivity index (χ1v) is 6.02. The smallest absolute Gasteiger partial charge is 0.376 e. The highest BCUT2D eigenvalue weighted by molar-refractivity contribution is 6.45. The Morgan fingerprint density at radius 2 is 2.00 bits per heavy atom. The molecule has 0 fully saturated rings. The van der Waals surface area contributed by atoms with Gasteiger partial charge in [0, 0.05) is 6.54 Å². The first-order valence-electron chi connectivity index (χ1n) is 6.02. The molecule has 5 heteroatoms. The van der Waals surface area contributed by atoms with E-state index in [1.54, 1.807) is 11.6 Å². The van der Waals surface area contributed by atoms with Gasteiger partial charge in [-0.15, -0.1) is 0 Å². The van der Waals surface area contributed by atoms with E-state index in [9.17, 15) is 14.9 Å². The van der Waals surface area contributed by atoms with Crippen molar-refractivity contribution in [3.63, 3.8) is 0 Å². The van der Waals surface area contributed by atoms with Crippen molar-refractivity contribution in [2.75, 3.05) is 13.1 Å². The molecule has 0 unspecified atom stereocenters. The molecule has 0 atom stereocenters. The molecular weight excluding hydrogens is 229 g/mol. The Kier molecular flexibility index (Phi) is 3.84. The number of aliphatic carboxylic acids is 1. The minimum Gasteiger partial charge on any atom is -0.478 e. The van der Waals surface area contributed by atoms with Crippen LogP contribution in [0, 0.1) is 0 Å². The molecule has 1 aliphatic heterocycles. The van der Waals surface area contributed by atoms with Crippen molar-refractivity contribution in [3.05, 3.63) is 41.5 Å². The summed E-state index contributed by atoms with van der Waals surface area (Å²) in [6, 6.07) is 9.58. The van der Waals surface area contributed by atoms with E-state index in [-0.39, 0.29) is 6.54 Å². The van der Waals surface area contributed by atoms with Gasteiger partial charge in [0.15, 0.2) is 0 Å². The highest BCUT2D eigenvalue weighted by atomic mass is 16.4. The van der Waals surface area contributed by atoms with Crippen molar-refractivity contribution in [3.8, 4) is 0 Å². The number of carboxylic acids is 1. The Morgan fingerprint density at radius 3 is 2.56 bits per heavy atom. The van der Waals surface area contributed by atoms with Crippen molar-refractivity contribution in [1.82, 2.24) is 4.81 Å². The average molecular weight is 245 g/mol. The third kappa shape index (κ3) is 2.63. The summed E-state index contributed by atoms with van der Waals surface area (Å²) >= 11 is 0. The van der Waals surface area contributed by atoms with Crippen molar-refractivity contribution >= 4 is 18.6 Å². The Balaban J connectivity index is 2.37.